The number of ether oxygens (including phenoxy) is 1. The maximum absolute atomic E-state index is 13.0. The number of hydrogen-bond donors (Lipinski definition) is 2. The molecule has 1 aromatic carbocycles. The summed E-state index contributed by atoms with van der Waals surface area (Å²) in [4.78, 5) is 23.3. The van der Waals surface area contributed by atoms with E-state index in [1.165, 1.54) is 12.1 Å². The first-order chi connectivity index (χ1) is 12.4. The maximum atomic E-state index is 13.0. The Bertz CT molecular complexity index is 739. The lowest BCUT2D eigenvalue weighted by Crippen LogP contribution is -2.53. The Labute approximate surface area is 151 Å². The van der Waals surface area contributed by atoms with Gasteiger partial charge in [0.2, 0.25) is 10.0 Å². The molecular weight excluding hydrogens is 365 g/mol. The zero-order valence-corrected chi connectivity index (χ0v) is 15.2. The molecule has 1 atom stereocenters. The standard InChI is InChI=1S/C16H22FN3O5S/c1-2-8-18-15(21)16(22)19-11-14-20(9-3-10-25-14)26(23,24)13-6-4-12(17)5-7-13/h4-7,14H,2-3,8-11H2,1H3,(H,18,21)(H,19,22)/t14-/m0/s1. The lowest BCUT2D eigenvalue weighted by Gasteiger charge is -2.34. The van der Waals surface area contributed by atoms with Crippen molar-refractivity contribution in [2.75, 3.05) is 26.2 Å². The molecule has 26 heavy (non-hydrogen) atoms. The van der Waals surface area contributed by atoms with Crippen LogP contribution in [0.5, 0.6) is 0 Å². The monoisotopic (exact) mass is 387 g/mol. The summed E-state index contributed by atoms with van der Waals surface area (Å²) >= 11 is 0. The average Bonchev–Trinajstić information content (AvgIpc) is 2.64. The van der Waals surface area contributed by atoms with Crippen molar-refractivity contribution in [3.63, 3.8) is 0 Å². The van der Waals surface area contributed by atoms with Crippen molar-refractivity contribution < 1.29 is 27.1 Å². The fourth-order valence-corrected chi connectivity index (χ4v) is 3.99. The summed E-state index contributed by atoms with van der Waals surface area (Å²) in [6, 6.07) is 4.47. The normalized spacial score (nSPS) is 18.3. The van der Waals surface area contributed by atoms with Crippen LogP contribution in [-0.2, 0) is 24.3 Å². The highest BCUT2D eigenvalue weighted by Crippen LogP contribution is 2.22. The van der Waals surface area contributed by atoms with Gasteiger partial charge in [-0.25, -0.2) is 12.8 Å². The van der Waals surface area contributed by atoms with Crippen LogP contribution in [0.2, 0.25) is 0 Å². The molecule has 1 aromatic rings. The molecule has 8 nitrogen and oxygen atoms in total. The summed E-state index contributed by atoms with van der Waals surface area (Å²) in [5.74, 6) is -2.18. The van der Waals surface area contributed by atoms with E-state index in [1.54, 1.807) is 0 Å². The Balaban J connectivity index is 2.06. The van der Waals surface area contributed by atoms with Crippen LogP contribution in [0.1, 0.15) is 19.8 Å². The third-order valence-corrected chi connectivity index (χ3v) is 5.66. The summed E-state index contributed by atoms with van der Waals surface area (Å²) in [5, 5.41) is 4.81. The minimum absolute atomic E-state index is 0.0681. The minimum atomic E-state index is -3.92. The van der Waals surface area contributed by atoms with Crippen molar-refractivity contribution in [3.8, 4) is 0 Å². The van der Waals surface area contributed by atoms with E-state index >= 15 is 0 Å². The molecular formula is C16H22FN3O5S. The summed E-state index contributed by atoms with van der Waals surface area (Å²) in [7, 11) is -3.92. The van der Waals surface area contributed by atoms with Crippen LogP contribution in [0.15, 0.2) is 29.2 Å². The molecule has 1 saturated heterocycles. The van der Waals surface area contributed by atoms with Crippen molar-refractivity contribution in [2.24, 2.45) is 0 Å². The van der Waals surface area contributed by atoms with Crippen molar-refractivity contribution >= 4 is 21.8 Å². The van der Waals surface area contributed by atoms with E-state index < -0.39 is 33.9 Å². The predicted octanol–water partition coefficient (Wildman–Crippen LogP) is 0.205. The van der Waals surface area contributed by atoms with Gasteiger partial charge in [-0.15, -0.1) is 0 Å². The van der Waals surface area contributed by atoms with Crippen LogP contribution in [-0.4, -0.2) is 57.0 Å². The molecule has 2 amide bonds. The second-order valence-corrected chi connectivity index (χ2v) is 7.61. The second-order valence-electron chi connectivity index (χ2n) is 5.71. The van der Waals surface area contributed by atoms with Gasteiger partial charge in [0.05, 0.1) is 18.0 Å². The quantitative estimate of drug-likeness (QED) is 0.679. The first kappa shape index (κ1) is 20.3. The lowest BCUT2D eigenvalue weighted by molar-refractivity contribution is -0.140. The molecule has 0 saturated carbocycles. The van der Waals surface area contributed by atoms with Gasteiger partial charge < -0.3 is 15.4 Å². The predicted molar refractivity (Wildman–Crippen MR) is 91.0 cm³/mol. The Kier molecular flexibility index (Phi) is 7.06. The molecule has 0 bridgehead atoms. The number of nitrogens with one attached hydrogen (secondary N) is 2. The molecule has 0 aliphatic carbocycles. The summed E-state index contributed by atoms with van der Waals surface area (Å²) in [6.45, 7) is 2.59. The number of nitrogens with zero attached hydrogens (tertiary/aromatic N) is 1. The third kappa shape index (κ3) is 4.99. The van der Waals surface area contributed by atoms with Gasteiger partial charge in [-0.2, -0.15) is 4.31 Å². The minimum Gasteiger partial charge on any atom is -0.360 e. The number of halogens is 1. The average molecular weight is 387 g/mol. The molecule has 1 aliphatic heterocycles. The van der Waals surface area contributed by atoms with Crippen molar-refractivity contribution in [1.29, 1.82) is 0 Å². The number of hydrogen-bond acceptors (Lipinski definition) is 5. The van der Waals surface area contributed by atoms with E-state index in [0.29, 0.717) is 26.0 Å². The number of carbonyl (C=O) groups excluding carboxylic acids is 2. The Hall–Kier alpha value is -2.04. The number of amides is 2. The van der Waals surface area contributed by atoms with Crippen LogP contribution in [0.3, 0.4) is 0 Å². The SMILES string of the molecule is CCCNC(=O)C(=O)NC[C@@H]1OCCCN1S(=O)(=O)c1ccc(F)cc1. The van der Waals surface area contributed by atoms with Gasteiger partial charge in [0.15, 0.2) is 0 Å². The smallest absolute Gasteiger partial charge is 0.309 e. The summed E-state index contributed by atoms with van der Waals surface area (Å²) in [5.41, 5.74) is 0. The summed E-state index contributed by atoms with van der Waals surface area (Å²) in [6.07, 6.45) is 0.234. The molecule has 2 N–H and O–H groups in total. The van der Waals surface area contributed by atoms with E-state index in [-0.39, 0.29) is 18.0 Å². The van der Waals surface area contributed by atoms with Crippen LogP contribution in [0.4, 0.5) is 4.39 Å². The first-order valence-corrected chi connectivity index (χ1v) is 9.75. The van der Waals surface area contributed by atoms with Crippen LogP contribution >= 0.6 is 0 Å². The number of carbonyl (C=O) groups is 2. The van der Waals surface area contributed by atoms with Crippen molar-refractivity contribution in [3.05, 3.63) is 30.1 Å². The van der Waals surface area contributed by atoms with Crippen LogP contribution in [0.25, 0.3) is 0 Å². The largest absolute Gasteiger partial charge is 0.360 e. The molecule has 2 rings (SSSR count). The van der Waals surface area contributed by atoms with E-state index in [9.17, 15) is 22.4 Å². The molecule has 1 fully saturated rings. The topological polar surface area (TPSA) is 105 Å². The van der Waals surface area contributed by atoms with Gasteiger partial charge >= 0.3 is 11.8 Å². The number of benzene rings is 1. The molecule has 0 spiro atoms. The summed E-state index contributed by atoms with van der Waals surface area (Å²) < 4.78 is 45.1. The molecule has 0 radical (unpaired) electrons. The van der Waals surface area contributed by atoms with Crippen LogP contribution < -0.4 is 10.6 Å². The molecule has 0 unspecified atom stereocenters. The Morgan fingerprint density at radius 3 is 2.54 bits per heavy atom. The second kappa shape index (κ2) is 9.06. The fourth-order valence-electron chi connectivity index (χ4n) is 2.42. The highest BCUT2D eigenvalue weighted by atomic mass is 32.2. The highest BCUT2D eigenvalue weighted by Gasteiger charge is 2.34. The first-order valence-electron chi connectivity index (χ1n) is 8.31. The Morgan fingerprint density at radius 2 is 1.88 bits per heavy atom. The van der Waals surface area contributed by atoms with Crippen LogP contribution in [0, 0.1) is 5.82 Å². The van der Waals surface area contributed by atoms with E-state index in [1.807, 2.05) is 6.92 Å². The molecule has 0 aromatic heterocycles. The molecule has 10 heteroatoms. The van der Waals surface area contributed by atoms with Gasteiger partial charge in [-0.3, -0.25) is 9.59 Å². The van der Waals surface area contributed by atoms with Gasteiger partial charge in [0.1, 0.15) is 12.0 Å². The van der Waals surface area contributed by atoms with E-state index in [0.717, 1.165) is 16.4 Å². The fraction of sp³-hybridized carbons (Fsp3) is 0.500. The molecule has 144 valence electrons. The number of rotatable bonds is 6. The van der Waals surface area contributed by atoms with Gasteiger partial charge in [-0.05, 0) is 37.1 Å². The van der Waals surface area contributed by atoms with E-state index in [2.05, 4.69) is 10.6 Å². The Morgan fingerprint density at radius 1 is 1.23 bits per heavy atom. The third-order valence-electron chi connectivity index (χ3n) is 3.75. The molecule has 1 aliphatic rings. The van der Waals surface area contributed by atoms with Crippen molar-refractivity contribution in [2.45, 2.75) is 30.9 Å². The molecule has 1 heterocycles. The van der Waals surface area contributed by atoms with Gasteiger partial charge in [-0.1, -0.05) is 6.92 Å². The van der Waals surface area contributed by atoms with E-state index in [4.69, 9.17) is 4.74 Å². The maximum Gasteiger partial charge on any atom is 0.309 e. The highest BCUT2D eigenvalue weighted by molar-refractivity contribution is 7.89. The van der Waals surface area contributed by atoms with Crippen molar-refractivity contribution in [1.82, 2.24) is 14.9 Å². The zero-order chi connectivity index (χ0) is 19.2. The van der Waals surface area contributed by atoms with Gasteiger partial charge in [0, 0.05) is 13.1 Å². The number of sulfonamides is 1. The lowest BCUT2D eigenvalue weighted by atomic mass is 10.3. The van der Waals surface area contributed by atoms with Gasteiger partial charge in [0.25, 0.3) is 0 Å². The zero-order valence-electron chi connectivity index (χ0n) is 14.4.